The van der Waals surface area contributed by atoms with Crippen molar-refractivity contribution in [3.05, 3.63) is 41.7 Å². The van der Waals surface area contributed by atoms with Crippen molar-refractivity contribution in [3.63, 3.8) is 0 Å². The maximum Gasteiger partial charge on any atom is 0.226 e. The Hall–Kier alpha value is -2.41. The van der Waals surface area contributed by atoms with Crippen molar-refractivity contribution >= 4 is 5.91 Å². The van der Waals surface area contributed by atoms with Crippen molar-refractivity contribution in [2.45, 2.75) is 75.5 Å². The third-order valence-corrected chi connectivity index (χ3v) is 7.27. The van der Waals surface area contributed by atoms with Gasteiger partial charge in [0.2, 0.25) is 5.91 Å². The predicted octanol–water partition coefficient (Wildman–Crippen LogP) is 3.62. The molecule has 31 heavy (non-hydrogen) atoms. The van der Waals surface area contributed by atoms with E-state index in [1.165, 1.54) is 6.42 Å². The number of rotatable bonds is 5. The molecule has 0 spiro atoms. The maximum atomic E-state index is 13.6. The molecular weight excluding hydrogens is 392 g/mol. The molecule has 2 saturated carbocycles. The monoisotopic (exact) mass is 424 g/mol. The zero-order valence-corrected chi connectivity index (χ0v) is 18.2. The number of ether oxygens (including phenoxy) is 1. The Morgan fingerprint density at radius 3 is 2.52 bits per heavy atom. The minimum Gasteiger partial charge on any atom is -0.497 e. The summed E-state index contributed by atoms with van der Waals surface area (Å²) in [6.07, 6.45) is 9.60. The van der Waals surface area contributed by atoms with Gasteiger partial charge >= 0.3 is 0 Å². The van der Waals surface area contributed by atoms with E-state index >= 15 is 0 Å². The van der Waals surface area contributed by atoms with Crippen molar-refractivity contribution in [2.75, 3.05) is 13.7 Å². The Bertz CT molecular complexity index is 902. The number of aliphatic hydroxyl groups is 1. The molecule has 7 heteroatoms. The first-order valence-corrected chi connectivity index (χ1v) is 11.7. The van der Waals surface area contributed by atoms with Crippen molar-refractivity contribution < 1.29 is 14.6 Å². The Balaban J connectivity index is 1.42. The molecular formula is C24H32N4O3. The highest BCUT2D eigenvalue weighted by molar-refractivity contribution is 5.79. The van der Waals surface area contributed by atoms with Crippen LogP contribution >= 0.6 is 0 Å². The van der Waals surface area contributed by atoms with Crippen molar-refractivity contribution in [1.82, 2.24) is 19.9 Å². The Labute approximate surface area is 183 Å². The minimum absolute atomic E-state index is 0.0863. The SMILES string of the molecule is COc1ccc([C@H]2C[C@@H](O)[C@H](n3cc(C4CC4)nn3)CN2C(=O)C2CCCCC2)cc1. The summed E-state index contributed by atoms with van der Waals surface area (Å²) in [5.41, 5.74) is 2.05. The summed E-state index contributed by atoms with van der Waals surface area (Å²) in [6.45, 7) is 0.459. The highest BCUT2D eigenvalue weighted by Gasteiger charge is 2.41. The molecule has 0 bridgehead atoms. The van der Waals surface area contributed by atoms with Gasteiger partial charge in [0.05, 0.1) is 31.0 Å². The molecule has 2 aromatic rings. The van der Waals surface area contributed by atoms with Crippen LogP contribution in [0, 0.1) is 5.92 Å². The van der Waals surface area contributed by atoms with E-state index < -0.39 is 6.10 Å². The van der Waals surface area contributed by atoms with Crippen LogP contribution in [0.5, 0.6) is 5.75 Å². The molecule has 0 unspecified atom stereocenters. The second kappa shape index (κ2) is 8.61. The lowest BCUT2D eigenvalue weighted by Gasteiger charge is -2.44. The highest BCUT2D eigenvalue weighted by Crippen LogP contribution is 2.41. The van der Waals surface area contributed by atoms with Crippen LogP contribution < -0.4 is 4.74 Å². The number of aliphatic hydroxyl groups excluding tert-OH is 1. The van der Waals surface area contributed by atoms with Crippen molar-refractivity contribution in [3.8, 4) is 5.75 Å². The number of amides is 1. The van der Waals surface area contributed by atoms with Gasteiger partial charge in [0.25, 0.3) is 0 Å². The smallest absolute Gasteiger partial charge is 0.226 e. The van der Waals surface area contributed by atoms with E-state index in [4.69, 9.17) is 4.74 Å². The molecule has 1 amide bonds. The van der Waals surface area contributed by atoms with E-state index in [0.29, 0.717) is 18.9 Å². The summed E-state index contributed by atoms with van der Waals surface area (Å²) in [7, 11) is 1.65. The molecule has 0 radical (unpaired) electrons. The first-order valence-electron chi connectivity index (χ1n) is 11.7. The molecule has 2 aliphatic carbocycles. The van der Waals surface area contributed by atoms with Crippen LogP contribution in [0.25, 0.3) is 0 Å². The van der Waals surface area contributed by atoms with Crippen LogP contribution in [0.1, 0.15) is 80.6 Å². The first kappa shape index (κ1) is 20.5. The zero-order valence-electron chi connectivity index (χ0n) is 18.2. The molecule has 166 valence electrons. The first-order chi connectivity index (χ1) is 15.1. The average Bonchev–Trinajstić information content (AvgIpc) is 3.56. The third kappa shape index (κ3) is 4.20. The summed E-state index contributed by atoms with van der Waals surface area (Å²) >= 11 is 0. The van der Waals surface area contributed by atoms with Gasteiger partial charge in [0, 0.05) is 31.0 Å². The van der Waals surface area contributed by atoms with Gasteiger partial charge in [0.15, 0.2) is 0 Å². The lowest BCUT2D eigenvalue weighted by atomic mass is 9.85. The number of piperidine rings is 1. The van der Waals surface area contributed by atoms with Gasteiger partial charge < -0.3 is 14.7 Å². The predicted molar refractivity (Wildman–Crippen MR) is 116 cm³/mol. The zero-order chi connectivity index (χ0) is 21.4. The molecule has 1 saturated heterocycles. The lowest BCUT2D eigenvalue weighted by molar-refractivity contribution is -0.144. The van der Waals surface area contributed by atoms with E-state index in [0.717, 1.165) is 55.5 Å². The molecule has 1 aromatic carbocycles. The molecule has 1 aromatic heterocycles. The van der Waals surface area contributed by atoms with Gasteiger partial charge in [-0.3, -0.25) is 4.79 Å². The number of carbonyl (C=O) groups is 1. The second-order valence-electron chi connectivity index (χ2n) is 9.38. The second-order valence-corrected chi connectivity index (χ2v) is 9.38. The molecule has 7 nitrogen and oxygen atoms in total. The van der Waals surface area contributed by atoms with Gasteiger partial charge in [0.1, 0.15) is 5.75 Å². The standard InChI is InChI=1S/C24H32N4O3/c1-31-19-11-9-17(10-12-19)21-13-23(29)22(28-14-20(25-26-28)16-7-8-16)15-27(21)24(30)18-5-3-2-4-6-18/h9-12,14,16,18,21-23,29H,2-8,13,15H2,1H3/t21-,22-,23-/m1/s1. The highest BCUT2D eigenvalue weighted by atomic mass is 16.5. The van der Waals surface area contributed by atoms with E-state index in [1.807, 2.05) is 35.4 Å². The molecule has 1 N–H and O–H groups in total. The summed E-state index contributed by atoms with van der Waals surface area (Å²) in [5, 5.41) is 19.7. The van der Waals surface area contributed by atoms with Crippen molar-refractivity contribution in [2.24, 2.45) is 5.92 Å². The Morgan fingerprint density at radius 2 is 1.84 bits per heavy atom. The van der Waals surface area contributed by atoms with Crippen LogP contribution in [-0.2, 0) is 4.79 Å². The number of hydrogen-bond acceptors (Lipinski definition) is 5. The fourth-order valence-corrected chi connectivity index (χ4v) is 5.21. The molecule has 5 rings (SSSR count). The van der Waals surface area contributed by atoms with E-state index in [2.05, 4.69) is 10.3 Å². The van der Waals surface area contributed by atoms with Crippen LogP contribution in [0.4, 0.5) is 0 Å². The van der Waals surface area contributed by atoms with Crippen molar-refractivity contribution in [1.29, 1.82) is 0 Å². The van der Waals surface area contributed by atoms with Gasteiger partial charge in [-0.15, -0.1) is 5.10 Å². The molecule has 1 aliphatic heterocycles. The lowest BCUT2D eigenvalue weighted by Crippen LogP contribution is -2.50. The number of benzene rings is 1. The topological polar surface area (TPSA) is 80.5 Å². The maximum absolute atomic E-state index is 13.6. The minimum atomic E-state index is -0.587. The number of carbonyl (C=O) groups excluding carboxylic acids is 1. The van der Waals surface area contributed by atoms with E-state index in [1.54, 1.807) is 11.8 Å². The average molecular weight is 425 g/mol. The summed E-state index contributed by atoms with van der Waals surface area (Å²) in [6, 6.07) is 7.48. The molecule has 2 heterocycles. The number of aromatic nitrogens is 3. The fraction of sp³-hybridized carbons (Fsp3) is 0.625. The molecule has 3 atom stereocenters. The van der Waals surface area contributed by atoms with Gasteiger partial charge in [-0.25, -0.2) is 4.68 Å². The van der Waals surface area contributed by atoms with Gasteiger partial charge in [-0.05, 0) is 43.4 Å². The summed E-state index contributed by atoms with van der Waals surface area (Å²) < 4.78 is 7.10. The number of methoxy groups -OCH3 is 1. The number of nitrogens with zero attached hydrogens (tertiary/aromatic N) is 4. The van der Waals surface area contributed by atoms with Gasteiger partial charge in [-0.2, -0.15) is 0 Å². The van der Waals surface area contributed by atoms with Crippen LogP contribution in [0.15, 0.2) is 30.5 Å². The van der Waals surface area contributed by atoms with Crippen LogP contribution in [-0.4, -0.2) is 50.7 Å². The van der Waals surface area contributed by atoms with E-state index in [9.17, 15) is 9.90 Å². The quantitative estimate of drug-likeness (QED) is 0.793. The Kier molecular flexibility index (Phi) is 5.69. The number of likely N-dealkylation sites (tertiary alicyclic amines) is 1. The van der Waals surface area contributed by atoms with Gasteiger partial charge in [-0.1, -0.05) is 36.6 Å². The van der Waals surface area contributed by atoms with Crippen LogP contribution in [0.3, 0.4) is 0 Å². The van der Waals surface area contributed by atoms with E-state index in [-0.39, 0.29) is 23.9 Å². The molecule has 3 fully saturated rings. The molecule has 3 aliphatic rings. The van der Waals surface area contributed by atoms with Crippen LogP contribution in [0.2, 0.25) is 0 Å². The summed E-state index contributed by atoms with van der Waals surface area (Å²) in [4.78, 5) is 15.6. The number of hydrogen-bond donors (Lipinski definition) is 1. The Morgan fingerprint density at radius 1 is 1.10 bits per heavy atom. The third-order valence-electron chi connectivity index (χ3n) is 7.27. The fourth-order valence-electron chi connectivity index (χ4n) is 5.21. The normalized spacial score (nSPS) is 27.3. The summed E-state index contributed by atoms with van der Waals surface area (Å²) in [5.74, 6) is 1.61. The largest absolute Gasteiger partial charge is 0.497 e.